The molecule has 2 rings (SSSR count). The first kappa shape index (κ1) is 14.8. The lowest BCUT2D eigenvalue weighted by atomic mass is 10.0. The van der Waals surface area contributed by atoms with E-state index in [1.165, 1.54) is 18.4 Å². The summed E-state index contributed by atoms with van der Waals surface area (Å²) in [6.45, 7) is 2.07. The fraction of sp³-hybridized carbons (Fsp3) is 0.600. The fourth-order valence-corrected chi connectivity index (χ4v) is 2.64. The summed E-state index contributed by atoms with van der Waals surface area (Å²) in [4.78, 5) is 2.40. The van der Waals surface area contributed by atoms with E-state index in [1.54, 1.807) is 0 Å². The number of hydrogen-bond donors (Lipinski definition) is 2. The van der Waals surface area contributed by atoms with Crippen molar-refractivity contribution in [3.8, 4) is 0 Å². The van der Waals surface area contributed by atoms with Gasteiger partial charge in [0.2, 0.25) is 0 Å². The van der Waals surface area contributed by atoms with E-state index in [0.29, 0.717) is 12.1 Å². The lowest BCUT2D eigenvalue weighted by Crippen LogP contribution is -2.32. The van der Waals surface area contributed by atoms with Crippen molar-refractivity contribution < 1.29 is 5.11 Å². The Morgan fingerprint density at radius 2 is 2.00 bits per heavy atom. The van der Waals surface area contributed by atoms with Crippen LogP contribution in [0.4, 0.5) is 0 Å². The van der Waals surface area contributed by atoms with Gasteiger partial charge >= 0.3 is 0 Å². The molecule has 0 amide bonds. The highest BCUT2D eigenvalue weighted by Crippen LogP contribution is 2.28. The normalized spacial score (nSPS) is 16.8. The second kappa shape index (κ2) is 7.25. The van der Waals surface area contributed by atoms with E-state index in [9.17, 15) is 0 Å². The zero-order chi connectivity index (χ0) is 13.7. The van der Waals surface area contributed by atoms with Crippen LogP contribution in [-0.4, -0.2) is 42.8 Å². The number of aliphatic hydroxyl groups is 1. The Hall–Kier alpha value is -0.610. The Labute approximate surface area is 120 Å². The van der Waals surface area contributed by atoms with E-state index in [2.05, 4.69) is 22.3 Å². The minimum atomic E-state index is 0.252. The SMILES string of the molecule is CNC(CCN(CCO)C1CC1)c1ccc(Cl)cc1. The lowest BCUT2D eigenvalue weighted by Gasteiger charge is -2.24. The van der Waals surface area contributed by atoms with Gasteiger partial charge in [0.1, 0.15) is 0 Å². The van der Waals surface area contributed by atoms with Crippen molar-refractivity contribution in [3.05, 3.63) is 34.9 Å². The highest BCUT2D eigenvalue weighted by Gasteiger charge is 2.28. The number of nitrogens with zero attached hydrogens (tertiary/aromatic N) is 1. The molecule has 1 fully saturated rings. The van der Waals surface area contributed by atoms with Crippen LogP contribution in [0.25, 0.3) is 0 Å². The Kier molecular flexibility index (Phi) is 5.64. The van der Waals surface area contributed by atoms with Crippen molar-refractivity contribution in [2.75, 3.05) is 26.7 Å². The first-order chi connectivity index (χ1) is 9.24. The highest BCUT2D eigenvalue weighted by atomic mass is 35.5. The van der Waals surface area contributed by atoms with Gasteiger partial charge in [0.15, 0.2) is 0 Å². The predicted octanol–water partition coefficient (Wildman–Crippen LogP) is 2.45. The van der Waals surface area contributed by atoms with Crippen molar-refractivity contribution in [3.63, 3.8) is 0 Å². The number of halogens is 1. The van der Waals surface area contributed by atoms with Crippen LogP contribution in [0, 0.1) is 0 Å². The number of aliphatic hydroxyl groups excluding tert-OH is 1. The van der Waals surface area contributed by atoms with Crippen molar-refractivity contribution >= 4 is 11.6 Å². The van der Waals surface area contributed by atoms with Crippen LogP contribution in [0.1, 0.15) is 30.9 Å². The van der Waals surface area contributed by atoms with Gasteiger partial charge in [-0.3, -0.25) is 4.90 Å². The van der Waals surface area contributed by atoms with Crippen LogP contribution in [0.3, 0.4) is 0 Å². The van der Waals surface area contributed by atoms with E-state index < -0.39 is 0 Å². The molecule has 0 spiro atoms. The standard InChI is InChI=1S/C15H23ClN2O/c1-17-15(12-2-4-13(16)5-3-12)8-9-18(10-11-19)14-6-7-14/h2-5,14-15,17,19H,6-11H2,1H3. The van der Waals surface area contributed by atoms with Crippen molar-refractivity contribution in [1.82, 2.24) is 10.2 Å². The maximum Gasteiger partial charge on any atom is 0.0558 e. The molecule has 0 aliphatic heterocycles. The Morgan fingerprint density at radius 3 is 2.53 bits per heavy atom. The summed E-state index contributed by atoms with van der Waals surface area (Å²) in [5, 5.41) is 13.3. The van der Waals surface area contributed by atoms with Crippen molar-refractivity contribution in [2.24, 2.45) is 0 Å². The summed E-state index contributed by atoms with van der Waals surface area (Å²) in [6, 6.07) is 9.09. The molecule has 1 saturated carbocycles. The van der Waals surface area contributed by atoms with Gasteiger partial charge in [-0.25, -0.2) is 0 Å². The van der Waals surface area contributed by atoms with Crippen LogP contribution in [0.2, 0.25) is 5.02 Å². The molecule has 2 N–H and O–H groups in total. The molecule has 4 heteroatoms. The lowest BCUT2D eigenvalue weighted by molar-refractivity contribution is 0.183. The quantitative estimate of drug-likeness (QED) is 0.769. The van der Waals surface area contributed by atoms with Gasteiger partial charge in [-0.05, 0) is 44.0 Å². The molecule has 1 aliphatic rings. The first-order valence-electron chi connectivity index (χ1n) is 7.02. The zero-order valence-corrected chi connectivity index (χ0v) is 12.2. The molecular weight excluding hydrogens is 260 g/mol. The summed E-state index contributed by atoms with van der Waals surface area (Å²) >= 11 is 5.92. The zero-order valence-electron chi connectivity index (χ0n) is 11.5. The summed E-state index contributed by atoms with van der Waals surface area (Å²) in [6.07, 6.45) is 3.62. The van der Waals surface area contributed by atoms with E-state index in [-0.39, 0.29) is 6.61 Å². The average Bonchev–Trinajstić information content (AvgIpc) is 3.24. The second-order valence-electron chi connectivity index (χ2n) is 5.17. The van der Waals surface area contributed by atoms with Gasteiger partial charge in [0.05, 0.1) is 6.61 Å². The predicted molar refractivity (Wildman–Crippen MR) is 79.6 cm³/mol. The minimum absolute atomic E-state index is 0.252. The summed E-state index contributed by atoms with van der Waals surface area (Å²) < 4.78 is 0. The summed E-state index contributed by atoms with van der Waals surface area (Å²) in [7, 11) is 1.99. The van der Waals surface area contributed by atoms with E-state index in [0.717, 1.165) is 24.5 Å². The molecule has 1 aliphatic carbocycles. The Balaban J connectivity index is 1.89. The topological polar surface area (TPSA) is 35.5 Å². The minimum Gasteiger partial charge on any atom is -0.395 e. The molecule has 0 aromatic heterocycles. The van der Waals surface area contributed by atoms with Gasteiger partial charge in [-0.2, -0.15) is 0 Å². The van der Waals surface area contributed by atoms with Crippen LogP contribution >= 0.6 is 11.6 Å². The van der Waals surface area contributed by atoms with Crippen LogP contribution in [-0.2, 0) is 0 Å². The molecule has 1 unspecified atom stereocenters. The third-order valence-corrected chi connectivity index (χ3v) is 4.03. The smallest absolute Gasteiger partial charge is 0.0558 e. The molecule has 3 nitrogen and oxygen atoms in total. The van der Waals surface area contributed by atoms with Crippen LogP contribution in [0.5, 0.6) is 0 Å². The molecule has 1 aromatic carbocycles. The van der Waals surface area contributed by atoms with Crippen LogP contribution in [0.15, 0.2) is 24.3 Å². The molecule has 0 radical (unpaired) electrons. The highest BCUT2D eigenvalue weighted by molar-refractivity contribution is 6.30. The van der Waals surface area contributed by atoms with E-state index in [1.807, 2.05) is 19.2 Å². The van der Waals surface area contributed by atoms with E-state index >= 15 is 0 Å². The number of rotatable bonds is 8. The monoisotopic (exact) mass is 282 g/mol. The molecule has 0 saturated heterocycles. The molecule has 1 atom stereocenters. The number of nitrogens with one attached hydrogen (secondary N) is 1. The van der Waals surface area contributed by atoms with E-state index in [4.69, 9.17) is 16.7 Å². The molecule has 0 heterocycles. The maximum atomic E-state index is 9.11. The van der Waals surface area contributed by atoms with Gasteiger partial charge < -0.3 is 10.4 Å². The molecular formula is C15H23ClN2O. The number of hydrogen-bond acceptors (Lipinski definition) is 3. The molecule has 19 heavy (non-hydrogen) atoms. The third kappa shape index (κ3) is 4.46. The second-order valence-corrected chi connectivity index (χ2v) is 5.61. The van der Waals surface area contributed by atoms with Gasteiger partial charge in [0, 0.05) is 30.2 Å². The third-order valence-electron chi connectivity index (χ3n) is 3.78. The van der Waals surface area contributed by atoms with Gasteiger partial charge in [0.25, 0.3) is 0 Å². The largest absolute Gasteiger partial charge is 0.395 e. The fourth-order valence-electron chi connectivity index (χ4n) is 2.51. The first-order valence-corrected chi connectivity index (χ1v) is 7.40. The average molecular weight is 283 g/mol. The Bertz CT molecular complexity index is 378. The van der Waals surface area contributed by atoms with Gasteiger partial charge in [-0.1, -0.05) is 23.7 Å². The van der Waals surface area contributed by atoms with Crippen LogP contribution < -0.4 is 5.32 Å². The molecule has 1 aromatic rings. The van der Waals surface area contributed by atoms with Gasteiger partial charge in [-0.15, -0.1) is 0 Å². The maximum absolute atomic E-state index is 9.11. The molecule has 0 bridgehead atoms. The Morgan fingerprint density at radius 1 is 1.32 bits per heavy atom. The molecule has 106 valence electrons. The summed E-state index contributed by atoms with van der Waals surface area (Å²) in [5.41, 5.74) is 1.27. The number of benzene rings is 1. The summed E-state index contributed by atoms with van der Waals surface area (Å²) in [5.74, 6) is 0. The van der Waals surface area contributed by atoms with Crippen molar-refractivity contribution in [2.45, 2.75) is 31.3 Å². The van der Waals surface area contributed by atoms with Crippen molar-refractivity contribution in [1.29, 1.82) is 0 Å².